The van der Waals surface area contributed by atoms with Gasteiger partial charge >= 0.3 is 5.97 Å². The molecule has 0 rings (SSSR count). The van der Waals surface area contributed by atoms with Gasteiger partial charge in [0.15, 0.2) is 0 Å². The predicted octanol–water partition coefficient (Wildman–Crippen LogP) is 5.03. The van der Waals surface area contributed by atoms with Gasteiger partial charge in [-0.15, -0.1) is 0 Å². The van der Waals surface area contributed by atoms with Gasteiger partial charge in [0.25, 0.3) is 0 Å². The van der Waals surface area contributed by atoms with Crippen LogP contribution in [0.25, 0.3) is 0 Å². The van der Waals surface area contributed by atoms with Crippen molar-refractivity contribution in [1.29, 1.82) is 0 Å². The van der Waals surface area contributed by atoms with Crippen LogP contribution in [0.4, 0.5) is 0 Å². The van der Waals surface area contributed by atoms with Crippen molar-refractivity contribution in [3.63, 3.8) is 0 Å². The second-order valence-corrected chi connectivity index (χ2v) is 12.1. The molecule has 0 fully saturated rings. The fourth-order valence-electron chi connectivity index (χ4n) is 2.44. The second kappa shape index (κ2) is 10.2. The Kier molecular flexibility index (Phi) is 9.93. The largest absolute Gasteiger partial charge is 0.463 e. The Morgan fingerprint density at radius 1 is 1.21 bits per heavy atom. The SMILES string of the molecule is C=CC(=O)OCCCCCCC(CC)C[Si](C)(C)C. The van der Waals surface area contributed by atoms with Crippen LogP contribution in [0.3, 0.4) is 0 Å². The number of rotatable bonds is 11. The molecule has 0 aromatic rings. The van der Waals surface area contributed by atoms with Gasteiger partial charge in [0, 0.05) is 14.1 Å². The summed E-state index contributed by atoms with van der Waals surface area (Å²) in [6, 6.07) is 1.46. The fraction of sp³-hybridized carbons (Fsp3) is 0.812. The summed E-state index contributed by atoms with van der Waals surface area (Å²) in [5.41, 5.74) is 0. The lowest BCUT2D eigenvalue weighted by Gasteiger charge is -2.23. The summed E-state index contributed by atoms with van der Waals surface area (Å²) in [7, 11) is -0.906. The van der Waals surface area contributed by atoms with Crippen molar-refractivity contribution in [2.24, 2.45) is 5.92 Å². The Labute approximate surface area is 120 Å². The third kappa shape index (κ3) is 12.2. The van der Waals surface area contributed by atoms with Gasteiger partial charge in [-0.2, -0.15) is 0 Å². The summed E-state index contributed by atoms with van der Waals surface area (Å²) < 4.78 is 4.95. The number of ether oxygens (including phenoxy) is 1. The number of hydrogen-bond donors (Lipinski definition) is 0. The van der Waals surface area contributed by atoms with Gasteiger partial charge in [-0.25, -0.2) is 4.79 Å². The third-order valence-electron chi connectivity index (χ3n) is 3.40. The molecule has 0 radical (unpaired) electrons. The molecule has 0 amide bonds. The fourth-order valence-corrected chi connectivity index (χ4v) is 4.66. The molecule has 1 atom stereocenters. The highest BCUT2D eigenvalue weighted by atomic mass is 28.3. The van der Waals surface area contributed by atoms with Crippen molar-refractivity contribution in [3.05, 3.63) is 12.7 Å². The van der Waals surface area contributed by atoms with Crippen molar-refractivity contribution in [3.8, 4) is 0 Å². The van der Waals surface area contributed by atoms with Crippen molar-refractivity contribution in [1.82, 2.24) is 0 Å². The van der Waals surface area contributed by atoms with Crippen molar-refractivity contribution in [2.75, 3.05) is 6.61 Å². The number of carbonyl (C=O) groups excluding carboxylic acids is 1. The number of unbranched alkanes of at least 4 members (excludes halogenated alkanes) is 3. The van der Waals surface area contributed by atoms with E-state index in [1.54, 1.807) is 0 Å². The molecule has 1 unspecified atom stereocenters. The molecule has 0 spiro atoms. The highest BCUT2D eigenvalue weighted by molar-refractivity contribution is 6.76. The Balaban J connectivity index is 3.51. The van der Waals surface area contributed by atoms with Crippen molar-refractivity contribution >= 4 is 14.0 Å². The van der Waals surface area contributed by atoms with Gasteiger partial charge in [-0.3, -0.25) is 0 Å². The average Bonchev–Trinajstić information content (AvgIpc) is 2.34. The molecule has 0 heterocycles. The van der Waals surface area contributed by atoms with Crippen LogP contribution in [-0.4, -0.2) is 20.7 Å². The lowest BCUT2D eigenvalue weighted by Crippen LogP contribution is -2.23. The molecule has 0 aliphatic heterocycles. The van der Waals surface area contributed by atoms with E-state index in [-0.39, 0.29) is 5.97 Å². The average molecular weight is 285 g/mol. The molecule has 0 aliphatic rings. The van der Waals surface area contributed by atoms with Crippen LogP contribution in [0.5, 0.6) is 0 Å². The molecule has 0 saturated carbocycles. The van der Waals surface area contributed by atoms with E-state index in [9.17, 15) is 4.79 Å². The van der Waals surface area contributed by atoms with Gasteiger partial charge < -0.3 is 4.74 Å². The Hall–Kier alpha value is -0.573. The maximum atomic E-state index is 10.8. The summed E-state index contributed by atoms with van der Waals surface area (Å²) in [5, 5.41) is 0. The van der Waals surface area contributed by atoms with Crippen LogP contribution in [0.1, 0.15) is 45.4 Å². The first kappa shape index (κ1) is 18.4. The number of carbonyl (C=O) groups is 1. The summed E-state index contributed by atoms with van der Waals surface area (Å²) >= 11 is 0. The van der Waals surface area contributed by atoms with E-state index in [4.69, 9.17) is 4.74 Å². The zero-order valence-corrected chi connectivity index (χ0v) is 14.3. The van der Waals surface area contributed by atoms with E-state index in [0.717, 1.165) is 18.8 Å². The maximum absolute atomic E-state index is 10.8. The van der Waals surface area contributed by atoms with Gasteiger partial charge in [-0.1, -0.05) is 71.3 Å². The molecule has 19 heavy (non-hydrogen) atoms. The van der Waals surface area contributed by atoms with E-state index in [0.29, 0.717) is 6.61 Å². The lowest BCUT2D eigenvalue weighted by molar-refractivity contribution is -0.137. The quantitative estimate of drug-likeness (QED) is 0.230. The van der Waals surface area contributed by atoms with Gasteiger partial charge in [0.05, 0.1) is 6.61 Å². The molecule has 3 heteroatoms. The molecule has 0 aromatic carbocycles. The zero-order valence-electron chi connectivity index (χ0n) is 13.3. The Bertz CT molecular complexity index is 256. The molecular formula is C16H32O2Si. The van der Waals surface area contributed by atoms with Crippen molar-refractivity contribution < 1.29 is 9.53 Å². The first-order chi connectivity index (χ1) is 8.89. The minimum Gasteiger partial charge on any atom is -0.463 e. The lowest BCUT2D eigenvalue weighted by atomic mass is 10.0. The summed E-state index contributed by atoms with van der Waals surface area (Å²) in [5.74, 6) is 0.617. The Morgan fingerprint density at radius 3 is 2.37 bits per heavy atom. The molecule has 0 aliphatic carbocycles. The maximum Gasteiger partial charge on any atom is 0.330 e. The van der Waals surface area contributed by atoms with Crippen LogP contribution in [-0.2, 0) is 9.53 Å². The first-order valence-corrected chi connectivity index (χ1v) is 11.4. The zero-order chi connectivity index (χ0) is 14.7. The monoisotopic (exact) mass is 284 g/mol. The summed E-state index contributed by atoms with van der Waals surface area (Å²) in [6.45, 7) is 13.6. The van der Waals surface area contributed by atoms with Crippen LogP contribution >= 0.6 is 0 Å². The Morgan fingerprint density at radius 2 is 1.84 bits per heavy atom. The minimum absolute atomic E-state index is 0.304. The van der Waals surface area contributed by atoms with Crippen LogP contribution in [0, 0.1) is 5.92 Å². The van der Waals surface area contributed by atoms with Gasteiger partial charge in [0.2, 0.25) is 0 Å². The standard InChI is InChI=1S/C16H32O2Si/c1-6-15(14-19(3,4)5)12-10-8-9-11-13-18-16(17)7-2/h7,15H,2,6,8-14H2,1,3-5H3. The van der Waals surface area contributed by atoms with E-state index >= 15 is 0 Å². The van der Waals surface area contributed by atoms with E-state index in [1.807, 2.05) is 0 Å². The summed E-state index contributed by atoms with van der Waals surface area (Å²) in [4.78, 5) is 10.8. The van der Waals surface area contributed by atoms with Crippen LogP contribution in [0.2, 0.25) is 25.7 Å². The predicted molar refractivity (Wildman–Crippen MR) is 86.2 cm³/mol. The highest BCUT2D eigenvalue weighted by Crippen LogP contribution is 2.24. The van der Waals surface area contributed by atoms with E-state index in [2.05, 4.69) is 33.1 Å². The second-order valence-electron chi connectivity index (χ2n) is 6.61. The van der Waals surface area contributed by atoms with E-state index < -0.39 is 8.07 Å². The van der Waals surface area contributed by atoms with Crippen LogP contribution < -0.4 is 0 Å². The number of esters is 1. The van der Waals surface area contributed by atoms with Crippen LogP contribution in [0.15, 0.2) is 12.7 Å². The minimum atomic E-state index is -0.906. The van der Waals surface area contributed by atoms with Gasteiger partial charge in [0.1, 0.15) is 0 Å². The highest BCUT2D eigenvalue weighted by Gasteiger charge is 2.18. The molecule has 2 nitrogen and oxygen atoms in total. The molecule has 0 saturated heterocycles. The molecule has 0 aromatic heterocycles. The van der Waals surface area contributed by atoms with Crippen molar-refractivity contribution in [2.45, 2.75) is 71.1 Å². The first-order valence-electron chi connectivity index (χ1n) is 7.68. The van der Waals surface area contributed by atoms with Gasteiger partial charge in [-0.05, 0) is 12.3 Å². The smallest absolute Gasteiger partial charge is 0.330 e. The normalized spacial score (nSPS) is 13.1. The molecular weight excluding hydrogens is 252 g/mol. The third-order valence-corrected chi connectivity index (χ3v) is 5.20. The molecule has 112 valence electrons. The number of hydrogen-bond acceptors (Lipinski definition) is 2. The topological polar surface area (TPSA) is 26.3 Å². The molecule has 0 N–H and O–H groups in total. The van der Waals surface area contributed by atoms with E-state index in [1.165, 1.54) is 37.8 Å². The summed E-state index contributed by atoms with van der Waals surface area (Å²) in [6.07, 6.45) is 8.63. The molecule has 0 bridgehead atoms.